The first-order valence-electron chi connectivity index (χ1n) is 14.3. The van der Waals surface area contributed by atoms with E-state index in [-0.39, 0.29) is 19.2 Å². The maximum Gasteiger partial charge on any atom is 0.338 e. The van der Waals surface area contributed by atoms with Gasteiger partial charge in [-0.1, -0.05) is 30.3 Å². The molecule has 0 aromatic heterocycles. The molecule has 1 atom stereocenters. The van der Waals surface area contributed by atoms with E-state index >= 15 is 0 Å². The van der Waals surface area contributed by atoms with Gasteiger partial charge in [-0.3, -0.25) is 4.79 Å². The summed E-state index contributed by atoms with van der Waals surface area (Å²) in [6, 6.07) is 20.7. The molecule has 1 amide bonds. The van der Waals surface area contributed by atoms with Gasteiger partial charge in [0.25, 0.3) is 5.91 Å². The fourth-order valence-corrected chi connectivity index (χ4v) is 4.65. The Kier molecular flexibility index (Phi) is 11.6. The highest BCUT2D eigenvalue weighted by atomic mass is 32.1. The highest BCUT2D eigenvalue weighted by Gasteiger charge is 2.32. The molecule has 1 aliphatic rings. The highest BCUT2D eigenvalue weighted by Crippen LogP contribution is 2.33. The lowest BCUT2D eigenvalue weighted by Crippen LogP contribution is -2.45. The summed E-state index contributed by atoms with van der Waals surface area (Å²) in [7, 11) is 0. The van der Waals surface area contributed by atoms with Crippen molar-refractivity contribution in [2.24, 2.45) is 5.10 Å². The van der Waals surface area contributed by atoms with Crippen molar-refractivity contribution in [3.05, 3.63) is 106 Å². The summed E-state index contributed by atoms with van der Waals surface area (Å²) in [6.45, 7) is 5.81. The van der Waals surface area contributed by atoms with Crippen LogP contribution in [0, 0.1) is 0 Å². The smallest absolute Gasteiger partial charge is 0.338 e. The number of ether oxygens (including phenoxy) is 4. The number of benzene rings is 3. The lowest BCUT2D eigenvalue weighted by molar-refractivity contribution is -0.139. The van der Waals surface area contributed by atoms with Gasteiger partial charge in [0.15, 0.2) is 11.7 Å². The number of amides is 1. The zero-order chi connectivity index (χ0) is 32.2. The zero-order valence-corrected chi connectivity index (χ0v) is 25.9. The van der Waals surface area contributed by atoms with Crippen LogP contribution in [-0.4, -0.2) is 49.0 Å². The number of carbonyl (C=O) groups excluding carboxylic acids is 3. The van der Waals surface area contributed by atoms with Gasteiger partial charge in [0, 0.05) is 11.3 Å². The molecule has 0 aliphatic carbocycles. The first-order valence-corrected chi connectivity index (χ1v) is 14.7. The second kappa shape index (κ2) is 16.0. The molecule has 4 rings (SSSR count). The molecule has 3 N–H and O–H groups in total. The van der Waals surface area contributed by atoms with Gasteiger partial charge in [-0.15, -0.1) is 0 Å². The van der Waals surface area contributed by atoms with E-state index in [1.807, 2.05) is 12.1 Å². The van der Waals surface area contributed by atoms with E-state index in [0.717, 1.165) is 11.1 Å². The third-order valence-corrected chi connectivity index (χ3v) is 6.73. The Balaban J connectivity index is 1.29. The number of rotatable bonds is 13. The Bertz CT molecular complexity index is 1590. The van der Waals surface area contributed by atoms with Gasteiger partial charge in [-0.2, -0.15) is 5.10 Å². The molecule has 1 heterocycles. The molecule has 0 saturated heterocycles. The average molecular weight is 631 g/mol. The molecule has 0 fully saturated rings. The van der Waals surface area contributed by atoms with E-state index in [9.17, 15) is 14.4 Å². The monoisotopic (exact) mass is 630 g/mol. The Morgan fingerprint density at radius 3 is 2.31 bits per heavy atom. The second-order valence-corrected chi connectivity index (χ2v) is 10.1. The van der Waals surface area contributed by atoms with Crippen molar-refractivity contribution in [3.8, 4) is 11.5 Å². The Hall–Kier alpha value is -5.23. The van der Waals surface area contributed by atoms with Crippen LogP contribution in [0.4, 0.5) is 0 Å². The summed E-state index contributed by atoms with van der Waals surface area (Å²) < 4.78 is 21.9. The van der Waals surface area contributed by atoms with Gasteiger partial charge in [-0.25, -0.2) is 15.0 Å². The number of hydrazone groups is 1. The van der Waals surface area contributed by atoms with Crippen molar-refractivity contribution in [1.29, 1.82) is 0 Å². The summed E-state index contributed by atoms with van der Waals surface area (Å²) in [5.74, 6) is -0.255. The summed E-state index contributed by atoms with van der Waals surface area (Å²) in [5, 5.41) is 10.4. The molecule has 11 nitrogen and oxygen atoms in total. The highest BCUT2D eigenvalue weighted by molar-refractivity contribution is 7.80. The van der Waals surface area contributed by atoms with Crippen LogP contribution < -0.4 is 25.5 Å². The molecule has 3 aromatic carbocycles. The Morgan fingerprint density at radius 2 is 1.60 bits per heavy atom. The van der Waals surface area contributed by atoms with Crippen molar-refractivity contribution in [1.82, 2.24) is 16.1 Å². The van der Waals surface area contributed by atoms with Crippen LogP contribution in [0.15, 0.2) is 89.2 Å². The molecule has 12 heteroatoms. The summed E-state index contributed by atoms with van der Waals surface area (Å²) in [6.07, 6.45) is 1.50. The molecule has 234 valence electrons. The molecular formula is C33H34N4O7S. The lowest BCUT2D eigenvalue weighted by atomic mass is 9.95. The van der Waals surface area contributed by atoms with E-state index in [0.29, 0.717) is 52.2 Å². The molecule has 0 bridgehead atoms. The SMILES string of the molecule is CCOC(=O)C1=C(C)NC(=S)N[C@H]1c1ccccc1OCC(=O)NN=Cc1ccc(OCc2ccc(C(=O)OCC)cc2)cc1. The van der Waals surface area contributed by atoms with Crippen LogP contribution in [-0.2, 0) is 25.7 Å². The van der Waals surface area contributed by atoms with Crippen LogP contribution in [0.3, 0.4) is 0 Å². The third kappa shape index (κ3) is 9.13. The molecular weight excluding hydrogens is 596 g/mol. The normalized spacial score (nSPS) is 14.3. The van der Waals surface area contributed by atoms with Crippen LogP contribution in [0.5, 0.6) is 11.5 Å². The van der Waals surface area contributed by atoms with Crippen LogP contribution in [0.25, 0.3) is 0 Å². The summed E-state index contributed by atoms with van der Waals surface area (Å²) >= 11 is 5.31. The second-order valence-electron chi connectivity index (χ2n) is 9.69. The number of hydrogen-bond donors (Lipinski definition) is 3. The van der Waals surface area contributed by atoms with Crippen LogP contribution in [0.2, 0.25) is 0 Å². The number of thiocarbonyl (C=S) groups is 1. The van der Waals surface area contributed by atoms with Gasteiger partial charge >= 0.3 is 11.9 Å². The van der Waals surface area contributed by atoms with Gasteiger partial charge in [0.2, 0.25) is 0 Å². The minimum Gasteiger partial charge on any atom is -0.489 e. The van der Waals surface area contributed by atoms with Crippen molar-refractivity contribution in [3.63, 3.8) is 0 Å². The molecule has 45 heavy (non-hydrogen) atoms. The van der Waals surface area contributed by atoms with E-state index in [1.54, 1.807) is 81.4 Å². The fourth-order valence-electron chi connectivity index (χ4n) is 4.38. The maximum atomic E-state index is 12.7. The minimum absolute atomic E-state index is 0.222. The average Bonchev–Trinajstić information content (AvgIpc) is 3.03. The van der Waals surface area contributed by atoms with Crippen LogP contribution >= 0.6 is 12.2 Å². The topological polar surface area (TPSA) is 137 Å². The predicted octanol–water partition coefficient (Wildman–Crippen LogP) is 4.33. The van der Waals surface area contributed by atoms with Crippen molar-refractivity contribution < 1.29 is 33.3 Å². The van der Waals surface area contributed by atoms with E-state index in [1.165, 1.54) is 6.21 Å². The number of carbonyl (C=O) groups is 3. The van der Waals surface area contributed by atoms with E-state index in [2.05, 4.69) is 21.2 Å². The zero-order valence-electron chi connectivity index (χ0n) is 25.1. The maximum absolute atomic E-state index is 12.7. The number of allylic oxidation sites excluding steroid dienone is 1. The Labute approximate surface area is 266 Å². The number of nitrogens with zero attached hydrogens (tertiary/aromatic N) is 1. The number of hydrogen-bond acceptors (Lipinski definition) is 9. The van der Waals surface area contributed by atoms with E-state index in [4.69, 9.17) is 31.2 Å². The first kappa shape index (κ1) is 32.7. The molecule has 0 saturated carbocycles. The number of esters is 2. The lowest BCUT2D eigenvalue weighted by Gasteiger charge is -2.30. The summed E-state index contributed by atoms with van der Waals surface area (Å²) in [4.78, 5) is 37.0. The van der Waals surface area contributed by atoms with Crippen molar-refractivity contribution in [2.75, 3.05) is 19.8 Å². The molecule has 3 aromatic rings. The van der Waals surface area contributed by atoms with Crippen LogP contribution in [0.1, 0.15) is 53.9 Å². The van der Waals surface area contributed by atoms with Gasteiger partial charge in [0.05, 0.1) is 36.6 Å². The molecule has 0 unspecified atom stereocenters. The Morgan fingerprint density at radius 1 is 0.911 bits per heavy atom. The van der Waals surface area contributed by atoms with Gasteiger partial charge in [-0.05, 0) is 86.6 Å². The van der Waals surface area contributed by atoms with Crippen molar-refractivity contribution in [2.45, 2.75) is 33.4 Å². The number of para-hydroxylation sites is 1. The van der Waals surface area contributed by atoms with Gasteiger partial charge in [0.1, 0.15) is 18.1 Å². The molecule has 0 spiro atoms. The van der Waals surface area contributed by atoms with E-state index < -0.39 is 17.9 Å². The quantitative estimate of drug-likeness (QED) is 0.108. The fraction of sp³-hybridized carbons (Fsp3) is 0.242. The third-order valence-electron chi connectivity index (χ3n) is 6.51. The predicted molar refractivity (Wildman–Crippen MR) is 172 cm³/mol. The molecule has 1 aliphatic heterocycles. The number of nitrogens with one attached hydrogen (secondary N) is 3. The standard InChI is InChI=1S/C33H34N4O7S/c1-4-41-31(39)24-14-10-23(11-15-24)19-43-25-16-12-22(13-17-25)18-34-37-28(38)20-44-27-9-7-6-8-26(27)30-29(32(40)42-5-2)21(3)35-33(45)36-30/h6-18,30H,4-5,19-20H2,1-3H3,(H,37,38)(H2,35,36,45)/t30-/m0/s1. The first-order chi connectivity index (χ1) is 21.8. The summed E-state index contributed by atoms with van der Waals surface area (Å²) in [5.41, 5.74) is 6.16. The van der Waals surface area contributed by atoms with Crippen molar-refractivity contribution >= 4 is 41.4 Å². The minimum atomic E-state index is -0.626. The largest absolute Gasteiger partial charge is 0.489 e. The van der Waals surface area contributed by atoms with Gasteiger partial charge < -0.3 is 29.6 Å². The molecule has 0 radical (unpaired) electrons.